The molecule has 0 spiro atoms. The number of methoxy groups -OCH3 is 4. The summed E-state index contributed by atoms with van der Waals surface area (Å²) in [7, 11) is 5.36. The number of nitrogens with two attached hydrogens (primary N) is 5. The number of primary amides is 1. The predicted molar refractivity (Wildman–Crippen MR) is 334 cm³/mol. The maximum Gasteiger partial charge on any atom is 0.312 e. The summed E-state index contributed by atoms with van der Waals surface area (Å²) in [6.45, 7) is 1.44. The van der Waals surface area contributed by atoms with Crippen molar-refractivity contribution in [3.63, 3.8) is 0 Å². The highest BCUT2D eigenvalue weighted by Crippen LogP contribution is 2.28. The van der Waals surface area contributed by atoms with Crippen LogP contribution in [0.3, 0.4) is 0 Å². The van der Waals surface area contributed by atoms with Crippen molar-refractivity contribution in [1.29, 1.82) is 0 Å². The molecule has 19 N–H and O–H groups in total. The van der Waals surface area contributed by atoms with Crippen molar-refractivity contribution in [1.82, 2.24) is 21.3 Å². The van der Waals surface area contributed by atoms with E-state index in [1.54, 1.807) is 0 Å². The first-order chi connectivity index (χ1) is 42.7. The molecule has 9 amide bonds. The molecule has 0 aromatic heterocycles. The summed E-state index contributed by atoms with van der Waals surface area (Å²) < 4.78 is 21.8. The van der Waals surface area contributed by atoms with Crippen LogP contribution in [0.4, 0.5) is 22.7 Å². The molecular weight excluding hydrogens is 1150 g/mol. The SMILES string of the molecule is COc1ccc(NC(=O)[C@H](CCCCN)NC(=O)c2cc(NC(=O)[C@H](CCCCN)NC(=O)c3cc(NC(=O)[C@H](CCCCCN)NC(=O)c4cc(NC(=O)[C@H](CCCCCN)NC(=O)CC(=O)O)ccc4OC)ccc3OC)ccc2OC)cc1C(N)=O. The normalized spacial score (nSPS) is 12.1. The van der Waals surface area contributed by atoms with Gasteiger partial charge in [-0.15, -0.1) is 0 Å². The van der Waals surface area contributed by atoms with E-state index < -0.39 is 89.7 Å². The molecule has 4 aromatic rings. The fourth-order valence-electron chi connectivity index (χ4n) is 9.28. The van der Waals surface area contributed by atoms with Crippen molar-refractivity contribution in [2.24, 2.45) is 28.7 Å². The number of hydrogen-bond acceptors (Lipinski definition) is 18. The molecule has 0 aliphatic carbocycles. The molecule has 4 atom stereocenters. The van der Waals surface area contributed by atoms with Gasteiger partial charge >= 0.3 is 5.97 Å². The number of hydrogen-bond donors (Lipinski definition) is 14. The Balaban J connectivity index is 1.57. The molecule has 0 heterocycles. The second kappa shape index (κ2) is 38.0. The van der Waals surface area contributed by atoms with Crippen LogP contribution in [0, 0.1) is 0 Å². The Labute approximate surface area is 516 Å². The molecule has 0 aliphatic rings. The van der Waals surface area contributed by atoms with Crippen LogP contribution < -0.4 is 90.2 Å². The highest BCUT2D eigenvalue weighted by molar-refractivity contribution is 6.08. The molecule has 28 nitrogen and oxygen atoms in total. The number of amides is 9. The summed E-state index contributed by atoms with van der Waals surface area (Å²) in [5.74, 6) is -7.46. The van der Waals surface area contributed by atoms with Crippen molar-refractivity contribution in [3.05, 3.63) is 95.1 Å². The smallest absolute Gasteiger partial charge is 0.312 e. The zero-order valence-corrected chi connectivity index (χ0v) is 50.7. The minimum absolute atomic E-state index is 0.0241. The zero-order valence-electron chi connectivity index (χ0n) is 50.7. The number of carboxylic acid groups (broad SMARTS) is 1. The van der Waals surface area contributed by atoms with Gasteiger partial charge in [0.05, 0.1) is 50.7 Å². The quantitative estimate of drug-likeness (QED) is 0.0224. The van der Waals surface area contributed by atoms with Gasteiger partial charge in [-0.25, -0.2) is 0 Å². The maximum atomic E-state index is 14.3. The topological polar surface area (TPSA) is 454 Å². The monoisotopic (exact) mass is 1240 g/mol. The van der Waals surface area contributed by atoms with Gasteiger partial charge in [-0.1, -0.05) is 25.7 Å². The third-order valence-corrected chi connectivity index (χ3v) is 14.0. The molecular formula is C61H85N13O15. The van der Waals surface area contributed by atoms with Crippen molar-refractivity contribution in [3.8, 4) is 23.0 Å². The number of benzene rings is 4. The summed E-state index contributed by atoms with van der Waals surface area (Å²) in [6, 6.07) is 12.5. The van der Waals surface area contributed by atoms with Gasteiger partial charge in [0.1, 0.15) is 53.6 Å². The Hall–Kier alpha value is -9.38. The van der Waals surface area contributed by atoms with Crippen molar-refractivity contribution in [2.75, 3.05) is 75.9 Å². The lowest BCUT2D eigenvalue weighted by molar-refractivity contribution is -0.141. The molecule has 0 fully saturated rings. The van der Waals surface area contributed by atoms with Crippen LogP contribution >= 0.6 is 0 Å². The highest BCUT2D eigenvalue weighted by Gasteiger charge is 2.29. The number of carbonyl (C=O) groups is 10. The average molecular weight is 1240 g/mol. The third kappa shape index (κ3) is 23.3. The van der Waals surface area contributed by atoms with Gasteiger partial charge in [0.25, 0.3) is 23.6 Å². The van der Waals surface area contributed by atoms with E-state index in [2.05, 4.69) is 42.5 Å². The lowest BCUT2D eigenvalue weighted by atomic mass is 10.0. The number of aliphatic carboxylic acids is 1. The van der Waals surface area contributed by atoms with E-state index in [0.717, 1.165) is 0 Å². The number of ether oxygens (including phenoxy) is 4. The van der Waals surface area contributed by atoms with Gasteiger partial charge in [0.2, 0.25) is 29.5 Å². The number of anilines is 4. The fourth-order valence-corrected chi connectivity index (χ4v) is 9.28. The second-order valence-electron chi connectivity index (χ2n) is 20.6. The molecule has 28 heteroatoms. The first-order valence-electron chi connectivity index (χ1n) is 29.2. The second-order valence-corrected chi connectivity index (χ2v) is 20.6. The first-order valence-corrected chi connectivity index (χ1v) is 29.2. The van der Waals surface area contributed by atoms with Crippen LogP contribution in [0.1, 0.15) is 138 Å². The standard InChI is InChI=1S/C61H85N13O15/c1-86-48-23-19-36(31-40(48)54(66)78)67-60(84)46(17-9-13-29-64)73-56(80)43-34-39(22-26-51(43)89-4)70-61(85)47(18-10-14-30-65)74-57(81)42-33-38(21-25-50(42)88-3)69-59(83)45(16-8-6-12-28-63)72-55(79)41-32-37(20-24-49(41)87-2)68-58(82)44(15-7-5-11-27-62)71-52(75)35-53(76)77/h19-26,31-34,44-47H,5-18,27-30,35,62-65H2,1-4H3,(H2,66,78)(H,67,84)(H,68,82)(H,69,83)(H,70,85)(H,71,75)(H,72,79)(H,73,80)(H,74,81)(H,76,77)/t44-,45-,46-,47-/m0/s1. The van der Waals surface area contributed by atoms with Gasteiger partial charge in [-0.3, -0.25) is 47.9 Å². The number of rotatable bonds is 40. The van der Waals surface area contributed by atoms with Crippen LogP contribution in [0.5, 0.6) is 23.0 Å². The minimum Gasteiger partial charge on any atom is -0.496 e. The summed E-state index contributed by atoms with van der Waals surface area (Å²) in [5, 5.41) is 30.8. The van der Waals surface area contributed by atoms with Gasteiger partial charge in [-0.05, 0) is 163 Å². The minimum atomic E-state index is -1.37. The Morgan fingerprint density at radius 1 is 0.382 bits per heavy atom. The number of nitrogens with one attached hydrogen (secondary N) is 8. The summed E-state index contributed by atoms with van der Waals surface area (Å²) in [5.41, 5.74) is 28.9. The summed E-state index contributed by atoms with van der Waals surface area (Å²) in [6.07, 6.45) is 5.19. The molecule has 0 radical (unpaired) electrons. The molecule has 0 saturated carbocycles. The molecule has 0 saturated heterocycles. The van der Waals surface area contributed by atoms with Crippen molar-refractivity contribution < 1.29 is 72.0 Å². The first kappa shape index (κ1) is 72.1. The number of carboxylic acids is 1. The van der Waals surface area contributed by atoms with Gasteiger partial charge in [0.15, 0.2) is 0 Å². The van der Waals surface area contributed by atoms with Crippen LogP contribution in [0.25, 0.3) is 0 Å². The molecule has 4 rings (SSSR count). The molecule has 4 aromatic carbocycles. The van der Waals surface area contributed by atoms with Crippen LogP contribution in [-0.2, 0) is 28.8 Å². The van der Waals surface area contributed by atoms with Crippen molar-refractivity contribution in [2.45, 2.75) is 120 Å². The molecule has 89 heavy (non-hydrogen) atoms. The van der Waals surface area contributed by atoms with E-state index >= 15 is 0 Å². The summed E-state index contributed by atoms with van der Waals surface area (Å²) >= 11 is 0. The molecule has 0 aliphatic heterocycles. The van der Waals surface area contributed by atoms with Gasteiger partial charge < -0.3 is 95.3 Å². The number of unbranched alkanes of at least 4 members (excludes halogenated alkanes) is 6. The Morgan fingerprint density at radius 2 is 0.640 bits per heavy atom. The van der Waals surface area contributed by atoms with Gasteiger partial charge in [0, 0.05) is 22.7 Å². The lowest BCUT2D eigenvalue weighted by Crippen LogP contribution is -2.45. The lowest BCUT2D eigenvalue weighted by Gasteiger charge is -2.22. The third-order valence-electron chi connectivity index (χ3n) is 14.0. The Bertz CT molecular complexity index is 3090. The van der Waals surface area contributed by atoms with E-state index in [-0.39, 0.29) is 93.7 Å². The zero-order chi connectivity index (χ0) is 65.4. The maximum absolute atomic E-state index is 14.3. The van der Waals surface area contributed by atoms with E-state index in [1.807, 2.05) is 0 Å². The van der Waals surface area contributed by atoms with Crippen molar-refractivity contribution >= 4 is 81.9 Å². The Morgan fingerprint density at radius 3 is 0.910 bits per heavy atom. The van der Waals surface area contributed by atoms with Crippen LogP contribution in [0.15, 0.2) is 72.8 Å². The van der Waals surface area contributed by atoms with E-state index in [9.17, 15) is 47.9 Å². The van der Waals surface area contributed by atoms with E-state index in [1.165, 1.54) is 101 Å². The molecule has 0 unspecified atom stereocenters. The molecule has 0 bridgehead atoms. The van der Waals surface area contributed by atoms with E-state index in [4.69, 9.17) is 52.7 Å². The molecule has 484 valence electrons. The average Bonchev–Trinajstić information content (AvgIpc) is 2.26. The number of carbonyl (C=O) groups excluding carboxylic acids is 9. The van der Waals surface area contributed by atoms with Crippen LogP contribution in [0.2, 0.25) is 0 Å². The highest BCUT2D eigenvalue weighted by atomic mass is 16.5. The largest absolute Gasteiger partial charge is 0.496 e. The van der Waals surface area contributed by atoms with E-state index in [0.29, 0.717) is 90.4 Å². The van der Waals surface area contributed by atoms with Crippen LogP contribution in [-0.4, -0.2) is 143 Å². The predicted octanol–water partition coefficient (Wildman–Crippen LogP) is 3.23. The fraction of sp³-hybridized carbons (Fsp3) is 0.443. The van der Waals surface area contributed by atoms with Gasteiger partial charge in [-0.2, -0.15) is 0 Å². The summed E-state index contributed by atoms with van der Waals surface area (Å²) in [4.78, 5) is 134. The Kier molecular flexibility index (Phi) is 30.8.